The van der Waals surface area contributed by atoms with Crippen LogP contribution in [-0.2, 0) is 9.59 Å². The summed E-state index contributed by atoms with van der Waals surface area (Å²) in [4.78, 5) is 40.5. The van der Waals surface area contributed by atoms with Crippen LogP contribution in [-0.4, -0.2) is 35.7 Å². The van der Waals surface area contributed by atoms with Crippen LogP contribution in [0.15, 0.2) is 91.0 Å². The van der Waals surface area contributed by atoms with Crippen LogP contribution in [0.1, 0.15) is 40.0 Å². The van der Waals surface area contributed by atoms with Gasteiger partial charge in [-0.3, -0.25) is 14.4 Å². The van der Waals surface area contributed by atoms with E-state index in [4.69, 9.17) is 0 Å². The van der Waals surface area contributed by atoms with E-state index in [9.17, 15) is 14.4 Å². The molecule has 2 N–H and O–H groups in total. The third kappa shape index (κ3) is 4.86. The molecule has 1 heterocycles. The van der Waals surface area contributed by atoms with Gasteiger partial charge in [0.05, 0.1) is 12.5 Å². The lowest BCUT2D eigenvalue weighted by atomic mass is 9.99. The predicted octanol–water partition coefficient (Wildman–Crippen LogP) is 3.25. The topological polar surface area (TPSA) is 78.5 Å². The van der Waals surface area contributed by atoms with Crippen LogP contribution in [0.4, 0.5) is 0 Å². The van der Waals surface area contributed by atoms with E-state index in [2.05, 4.69) is 10.6 Å². The molecule has 0 spiro atoms. The summed E-state index contributed by atoms with van der Waals surface area (Å²) in [6, 6.07) is 26.4. The molecule has 0 bridgehead atoms. The van der Waals surface area contributed by atoms with Crippen LogP contribution in [0.3, 0.4) is 0 Å². The van der Waals surface area contributed by atoms with Gasteiger partial charge in [0.2, 0.25) is 11.8 Å². The average Bonchev–Trinajstić information content (AvgIpc) is 2.85. The molecule has 1 fully saturated rings. The number of piperazine rings is 1. The van der Waals surface area contributed by atoms with Gasteiger partial charge in [0.15, 0.2) is 0 Å². The summed E-state index contributed by atoms with van der Waals surface area (Å²) in [7, 11) is 0. The summed E-state index contributed by atoms with van der Waals surface area (Å²) in [5, 5.41) is 5.85. The summed E-state index contributed by atoms with van der Waals surface area (Å²) in [5.74, 6) is -0.625. The van der Waals surface area contributed by atoms with Crippen LogP contribution in [0.25, 0.3) is 0 Å². The maximum absolute atomic E-state index is 13.4. The molecule has 3 aromatic carbocycles. The number of hydrogen-bond acceptors (Lipinski definition) is 3. The van der Waals surface area contributed by atoms with Crippen molar-refractivity contribution >= 4 is 17.7 Å². The molecule has 3 amide bonds. The molecule has 0 aliphatic carbocycles. The van der Waals surface area contributed by atoms with E-state index in [0.29, 0.717) is 18.7 Å². The second kappa shape index (κ2) is 9.92. The highest BCUT2D eigenvalue weighted by Crippen LogP contribution is 2.26. The summed E-state index contributed by atoms with van der Waals surface area (Å²) < 4.78 is 0. The van der Waals surface area contributed by atoms with Crippen molar-refractivity contribution in [2.75, 3.05) is 13.1 Å². The molecule has 1 aliphatic heterocycles. The molecular formula is C26H25N3O3. The molecule has 6 nitrogen and oxygen atoms in total. The fourth-order valence-corrected chi connectivity index (χ4v) is 3.96. The van der Waals surface area contributed by atoms with Crippen LogP contribution in [0.2, 0.25) is 0 Å². The molecule has 2 atom stereocenters. The Bertz CT molecular complexity index is 1070. The van der Waals surface area contributed by atoms with Crippen molar-refractivity contribution in [2.45, 2.75) is 18.5 Å². The molecule has 0 radical (unpaired) electrons. The Hall–Kier alpha value is -3.93. The summed E-state index contributed by atoms with van der Waals surface area (Å²) in [5.41, 5.74) is 2.13. The Morgan fingerprint density at radius 3 is 2.16 bits per heavy atom. The SMILES string of the molecule is O=C(N[C@H](CC(=O)N1CCNC(=O)[C@H]1c1ccccc1)c1ccccc1)c1ccccc1. The van der Waals surface area contributed by atoms with E-state index >= 15 is 0 Å². The van der Waals surface area contributed by atoms with Crippen molar-refractivity contribution in [1.29, 1.82) is 0 Å². The van der Waals surface area contributed by atoms with Crippen molar-refractivity contribution in [2.24, 2.45) is 0 Å². The number of nitrogens with zero attached hydrogens (tertiary/aromatic N) is 1. The molecule has 4 rings (SSSR count). The number of carbonyl (C=O) groups is 3. The van der Waals surface area contributed by atoms with Gasteiger partial charge in [-0.1, -0.05) is 78.9 Å². The Morgan fingerprint density at radius 1 is 0.906 bits per heavy atom. The van der Waals surface area contributed by atoms with E-state index in [1.165, 1.54) is 0 Å². The van der Waals surface area contributed by atoms with Gasteiger partial charge in [-0.15, -0.1) is 0 Å². The highest BCUT2D eigenvalue weighted by molar-refractivity contribution is 5.95. The molecule has 1 aliphatic rings. The minimum Gasteiger partial charge on any atom is -0.352 e. The highest BCUT2D eigenvalue weighted by atomic mass is 16.2. The monoisotopic (exact) mass is 427 g/mol. The Labute approximate surface area is 187 Å². The van der Waals surface area contributed by atoms with Crippen molar-refractivity contribution in [3.8, 4) is 0 Å². The Morgan fingerprint density at radius 2 is 1.50 bits per heavy atom. The fraction of sp³-hybridized carbons (Fsp3) is 0.192. The van der Waals surface area contributed by atoms with Crippen molar-refractivity contribution in [3.05, 3.63) is 108 Å². The first kappa shape index (κ1) is 21.3. The normalized spacial score (nSPS) is 16.7. The molecule has 162 valence electrons. The zero-order valence-electron chi connectivity index (χ0n) is 17.6. The molecule has 32 heavy (non-hydrogen) atoms. The van der Waals surface area contributed by atoms with Gasteiger partial charge >= 0.3 is 0 Å². The minimum absolute atomic E-state index is 0.0548. The summed E-state index contributed by atoms with van der Waals surface area (Å²) in [6.45, 7) is 0.818. The quantitative estimate of drug-likeness (QED) is 0.634. The smallest absolute Gasteiger partial charge is 0.251 e. The average molecular weight is 428 g/mol. The molecule has 0 unspecified atom stereocenters. The summed E-state index contributed by atoms with van der Waals surface area (Å²) in [6.07, 6.45) is 0.0548. The van der Waals surface area contributed by atoms with Gasteiger partial charge in [-0.2, -0.15) is 0 Å². The largest absolute Gasteiger partial charge is 0.352 e. The zero-order chi connectivity index (χ0) is 22.3. The number of benzene rings is 3. The van der Waals surface area contributed by atoms with E-state index in [0.717, 1.165) is 11.1 Å². The number of amides is 3. The summed E-state index contributed by atoms with van der Waals surface area (Å²) >= 11 is 0. The first-order valence-corrected chi connectivity index (χ1v) is 10.7. The predicted molar refractivity (Wildman–Crippen MR) is 122 cm³/mol. The molecule has 1 saturated heterocycles. The lowest BCUT2D eigenvalue weighted by molar-refractivity contribution is -0.144. The van der Waals surface area contributed by atoms with Gasteiger partial charge < -0.3 is 15.5 Å². The van der Waals surface area contributed by atoms with Gasteiger partial charge in [0, 0.05) is 18.7 Å². The van der Waals surface area contributed by atoms with Gasteiger partial charge in [0.1, 0.15) is 6.04 Å². The lowest BCUT2D eigenvalue weighted by Crippen LogP contribution is -2.52. The second-order valence-corrected chi connectivity index (χ2v) is 7.70. The first-order valence-electron chi connectivity index (χ1n) is 10.7. The molecular weight excluding hydrogens is 402 g/mol. The number of hydrogen-bond donors (Lipinski definition) is 2. The highest BCUT2D eigenvalue weighted by Gasteiger charge is 2.35. The molecule has 0 saturated carbocycles. The lowest BCUT2D eigenvalue weighted by Gasteiger charge is -2.36. The van der Waals surface area contributed by atoms with Crippen molar-refractivity contribution in [3.63, 3.8) is 0 Å². The van der Waals surface area contributed by atoms with Crippen LogP contribution < -0.4 is 10.6 Å². The number of carbonyl (C=O) groups excluding carboxylic acids is 3. The molecule has 3 aromatic rings. The second-order valence-electron chi connectivity index (χ2n) is 7.70. The van der Waals surface area contributed by atoms with E-state index in [-0.39, 0.29) is 24.1 Å². The van der Waals surface area contributed by atoms with E-state index in [1.54, 1.807) is 29.2 Å². The number of rotatable bonds is 6. The van der Waals surface area contributed by atoms with Gasteiger partial charge in [-0.05, 0) is 23.3 Å². The third-order valence-electron chi connectivity index (χ3n) is 5.57. The maximum Gasteiger partial charge on any atom is 0.251 e. The third-order valence-corrected chi connectivity index (χ3v) is 5.57. The van der Waals surface area contributed by atoms with Crippen LogP contribution >= 0.6 is 0 Å². The van der Waals surface area contributed by atoms with Crippen molar-refractivity contribution in [1.82, 2.24) is 15.5 Å². The van der Waals surface area contributed by atoms with Crippen LogP contribution in [0.5, 0.6) is 0 Å². The first-order chi connectivity index (χ1) is 15.6. The van der Waals surface area contributed by atoms with E-state index in [1.807, 2.05) is 66.7 Å². The maximum atomic E-state index is 13.4. The van der Waals surface area contributed by atoms with Crippen molar-refractivity contribution < 1.29 is 14.4 Å². The standard InChI is InChI=1S/C26H25N3O3/c30-23(29-17-16-27-26(32)24(29)20-12-6-2-7-13-20)18-22(19-10-4-1-5-11-19)28-25(31)21-14-8-3-9-15-21/h1-15,22,24H,16-18H2,(H,27,32)(H,28,31)/t22-,24-/m1/s1. The Balaban J connectivity index is 1.57. The zero-order valence-corrected chi connectivity index (χ0v) is 17.6. The molecule has 0 aromatic heterocycles. The number of nitrogens with one attached hydrogen (secondary N) is 2. The van der Waals surface area contributed by atoms with E-state index < -0.39 is 12.1 Å². The Kier molecular flexibility index (Phi) is 6.60. The minimum atomic E-state index is -0.682. The van der Waals surface area contributed by atoms with Gasteiger partial charge in [-0.25, -0.2) is 0 Å². The van der Waals surface area contributed by atoms with Gasteiger partial charge in [0.25, 0.3) is 5.91 Å². The van der Waals surface area contributed by atoms with Crippen LogP contribution in [0, 0.1) is 0 Å². The molecule has 6 heteroatoms. The fourth-order valence-electron chi connectivity index (χ4n) is 3.96.